The summed E-state index contributed by atoms with van der Waals surface area (Å²) in [4.78, 5) is 11.4. The molecular formula is C25H26F4O2. The summed E-state index contributed by atoms with van der Waals surface area (Å²) in [6.45, 7) is 2.00. The Hall–Kier alpha value is -2.63. The Morgan fingerprint density at radius 3 is 2.26 bits per heavy atom. The molecule has 0 heterocycles. The largest absolute Gasteiger partial charge is 0.478 e. The van der Waals surface area contributed by atoms with Gasteiger partial charge in [0.1, 0.15) is 5.82 Å². The predicted octanol–water partition coefficient (Wildman–Crippen LogP) is 7.63. The van der Waals surface area contributed by atoms with E-state index >= 15 is 4.39 Å². The molecule has 0 aromatic heterocycles. The number of hydrogen-bond acceptors (Lipinski definition) is 1. The minimum Gasteiger partial charge on any atom is -0.478 e. The van der Waals surface area contributed by atoms with E-state index in [-0.39, 0.29) is 17.0 Å². The zero-order chi connectivity index (χ0) is 22.5. The summed E-state index contributed by atoms with van der Waals surface area (Å²) in [6.07, 6.45) is 10.9. The zero-order valence-electron chi connectivity index (χ0n) is 17.4. The van der Waals surface area contributed by atoms with Crippen LogP contribution in [0.25, 0.3) is 11.1 Å². The van der Waals surface area contributed by atoms with Crippen molar-refractivity contribution in [2.75, 3.05) is 0 Å². The number of allylic oxidation sites excluding steroid dienone is 2. The monoisotopic (exact) mass is 434 g/mol. The molecule has 1 saturated carbocycles. The third kappa shape index (κ3) is 5.17. The van der Waals surface area contributed by atoms with Crippen molar-refractivity contribution in [3.05, 3.63) is 70.8 Å². The molecule has 1 N–H and O–H groups in total. The highest BCUT2D eigenvalue weighted by molar-refractivity contribution is 5.90. The number of carboxylic acid groups (broad SMARTS) is 1. The van der Waals surface area contributed by atoms with Gasteiger partial charge in [0.2, 0.25) is 0 Å². The van der Waals surface area contributed by atoms with Crippen LogP contribution in [0.1, 0.15) is 73.7 Å². The van der Waals surface area contributed by atoms with Gasteiger partial charge in [0.25, 0.3) is 0 Å². The second-order valence-electron chi connectivity index (χ2n) is 8.17. The standard InChI is InChI=1S/C25H26F4O2/c1-2-3-4-5-6-15-7-9-16(10-8-15)18-11-12-19(25(30)31)23(28)22(18)17-13-20(26)24(29)21(27)14-17/h2-3,11-16H,4-10H2,1H3,(H,30,31). The minimum atomic E-state index is -1.64. The molecule has 2 nitrogen and oxygen atoms in total. The minimum absolute atomic E-state index is 0.0599. The van der Waals surface area contributed by atoms with Crippen LogP contribution in [0.2, 0.25) is 0 Å². The molecule has 6 heteroatoms. The maximum absolute atomic E-state index is 15.2. The fourth-order valence-electron chi connectivity index (χ4n) is 4.54. The van der Waals surface area contributed by atoms with Gasteiger partial charge in [0.05, 0.1) is 5.56 Å². The van der Waals surface area contributed by atoms with Gasteiger partial charge >= 0.3 is 5.97 Å². The molecule has 0 aliphatic heterocycles. The molecule has 2 aromatic carbocycles. The number of carbonyl (C=O) groups is 1. The summed E-state index contributed by atoms with van der Waals surface area (Å²) >= 11 is 0. The summed E-state index contributed by atoms with van der Waals surface area (Å²) in [5.41, 5.74) is -0.420. The Labute approximate surface area is 179 Å². The fraction of sp³-hybridized carbons (Fsp3) is 0.400. The van der Waals surface area contributed by atoms with Gasteiger partial charge in [-0.1, -0.05) is 24.6 Å². The van der Waals surface area contributed by atoms with Crippen LogP contribution in [0, 0.1) is 29.2 Å². The molecule has 0 unspecified atom stereocenters. The van der Waals surface area contributed by atoms with Crippen molar-refractivity contribution in [3.8, 4) is 11.1 Å². The third-order valence-corrected chi connectivity index (χ3v) is 6.18. The number of rotatable bonds is 7. The first-order valence-corrected chi connectivity index (χ1v) is 10.6. The van der Waals surface area contributed by atoms with Gasteiger partial charge in [-0.15, -0.1) is 0 Å². The van der Waals surface area contributed by atoms with Crippen molar-refractivity contribution in [2.24, 2.45) is 5.92 Å². The first kappa shape index (κ1) is 23.0. The van der Waals surface area contributed by atoms with Crippen LogP contribution in [0.5, 0.6) is 0 Å². The summed E-state index contributed by atoms with van der Waals surface area (Å²) in [6, 6.07) is 4.16. The topological polar surface area (TPSA) is 37.3 Å². The average Bonchev–Trinajstić information content (AvgIpc) is 2.74. The zero-order valence-corrected chi connectivity index (χ0v) is 17.4. The Balaban J connectivity index is 1.91. The van der Waals surface area contributed by atoms with Crippen LogP contribution in [0.4, 0.5) is 17.6 Å². The molecular weight excluding hydrogens is 408 g/mol. The lowest BCUT2D eigenvalue weighted by Gasteiger charge is -2.30. The number of unbranched alkanes of at least 4 members (excludes halogenated alkanes) is 1. The van der Waals surface area contributed by atoms with Crippen molar-refractivity contribution in [3.63, 3.8) is 0 Å². The lowest BCUT2D eigenvalue weighted by molar-refractivity contribution is 0.0692. The average molecular weight is 434 g/mol. The second-order valence-corrected chi connectivity index (χ2v) is 8.17. The Morgan fingerprint density at radius 1 is 1.03 bits per heavy atom. The maximum atomic E-state index is 15.2. The number of benzene rings is 2. The quantitative estimate of drug-likeness (QED) is 0.211. The van der Waals surface area contributed by atoms with Crippen molar-refractivity contribution in [2.45, 2.75) is 57.8 Å². The lowest BCUT2D eigenvalue weighted by atomic mass is 9.75. The molecule has 0 spiro atoms. The number of carboxylic acids is 1. The van der Waals surface area contributed by atoms with Gasteiger partial charge in [-0.2, -0.15) is 0 Å². The molecule has 1 aliphatic carbocycles. The molecule has 0 atom stereocenters. The van der Waals surface area contributed by atoms with Crippen LogP contribution in [0.3, 0.4) is 0 Å². The molecule has 0 bridgehead atoms. The van der Waals surface area contributed by atoms with Crippen LogP contribution in [-0.2, 0) is 0 Å². The van der Waals surface area contributed by atoms with Crippen molar-refractivity contribution < 1.29 is 27.5 Å². The van der Waals surface area contributed by atoms with E-state index < -0.39 is 34.8 Å². The van der Waals surface area contributed by atoms with Gasteiger partial charge in [0, 0.05) is 5.56 Å². The molecule has 3 rings (SSSR count). The molecule has 0 radical (unpaired) electrons. The van der Waals surface area contributed by atoms with Gasteiger partial charge in [0.15, 0.2) is 17.5 Å². The lowest BCUT2D eigenvalue weighted by Crippen LogP contribution is -2.15. The van der Waals surface area contributed by atoms with Crippen molar-refractivity contribution >= 4 is 5.97 Å². The summed E-state index contributed by atoms with van der Waals surface area (Å²) < 4.78 is 56.3. The molecule has 0 saturated heterocycles. The highest BCUT2D eigenvalue weighted by Crippen LogP contribution is 2.43. The van der Waals surface area contributed by atoms with Crippen molar-refractivity contribution in [1.29, 1.82) is 0 Å². The van der Waals surface area contributed by atoms with Gasteiger partial charge < -0.3 is 5.11 Å². The molecule has 0 amide bonds. The number of hydrogen-bond donors (Lipinski definition) is 1. The smallest absolute Gasteiger partial charge is 0.338 e. The first-order valence-electron chi connectivity index (χ1n) is 10.6. The van der Waals surface area contributed by atoms with E-state index in [0.717, 1.165) is 57.1 Å². The Morgan fingerprint density at radius 2 is 1.68 bits per heavy atom. The van der Waals surface area contributed by atoms with E-state index in [9.17, 15) is 23.1 Å². The van der Waals surface area contributed by atoms with Gasteiger partial charge in [-0.25, -0.2) is 22.4 Å². The highest BCUT2D eigenvalue weighted by Gasteiger charge is 2.28. The summed E-state index contributed by atoms with van der Waals surface area (Å²) in [7, 11) is 0. The SMILES string of the molecule is CC=CCCCC1CCC(c2ccc(C(=O)O)c(F)c2-c2cc(F)c(F)c(F)c2)CC1. The third-order valence-electron chi connectivity index (χ3n) is 6.18. The number of aromatic carboxylic acids is 1. The number of halogens is 4. The molecule has 166 valence electrons. The molecule has 1 fully saturated rings. The van der Waals surface area contributed by atoms with E-state index in [1.165, 1.54) is 12.1 Å². The fourth-order valence-corrected chi connectivity index (χ4v) is 4.54. The molecule has 1 aliphatic rings. The van der Waals surface area contributed by atoms with Gasteiger partial charge in [-0.05, 0) is 86.6 Å². The van der Waals surface area contributed by atoms with E-state index in [0.29, 0.717) is 11.5 Å². The van der Waals surface area contributed by atoms with Crippen LogP contribution in [-0.4, -0.2) is 11.1 Å². The normalized spacial score (nSPS) is 19.1. The van der Waals surface area contributed by atoms with E-state index in [1.54, 1.807) is 0 Å². The van der Waals surface area contributed by atoms with Crippen LogP contribution >= 0.6 is 0 Å². The Kier molecular flexibility index (Phi) is 7.52. The van der Waals surface area contributed by atoms with Gasteiger partial charge in [-0.3, -0.25) is 0 Å². The Bertz CT molecular complexity index is 953. The highest BCUT2D eigenvalue weighted by atomic mass is 19.2. The van der Waals surface area contributed by atoms with E-state index in [4.69, 9.17) is 0 Å². The van der Waals surface area contributed by atoms with E-state index in [2.05, 4.69) is 6.08 Å². The van der Waals surface area contributed by atoms with Crippen molar-refractivity contribution in [1.82, 2.24) is 0 Å². The van der Waals surface area contributed by atoms with Crippen LogP contribution < -0.4 is 0 Å². The summed E-state index contributed by atoms with van der Waals surface area (Å²) in [5, 5.41) is 9.29. The van der Waals surface area contributed by atoms with E-state index in [1.807, 2.05) is 13.0 Å². The second kappa shape index (κ2) is 10.1. The maximum Gasteiger partial charge on any atom is 0.338 e. The first-order chi connectivity index (χ1) is 14.8. The van der Waals surface area contributed by atoms with Crippen LogP contribution in [0.15, 0.2) is 36.4 Å². The molecule has 31 heavy (non-hydrogen) atoms. The summed E-state index contributed by atoms with van der Waals surface area (Å²) in [5.74, 6) is -6.53. The predicted molar refractivity (Wildman–Crippen MR) is 112 cm³/mol. The molecule has 2 aromatic rings.